The van der Waals surface area contributed by atoms with Gasteiger partial charge < -0.3 is 4.74 Å². The first-order valence-corrected chi connectivity index (χ1v) is 7.03. The summed E-state index contributed by atoms with van der Waals surface area (Å²) in [6.07, 6.45) is 0.662. The molecule has 0 spiro atoms. The SMILES string of the molecule is C=C(C)C(=O)OCCc1ccc(N=Nc2ccccc2)cc1. The van der Waals surface area contributed by atoms with E-state index in [1.807, 2.05) is 54.6 Å². The molecule has 4 heteroatoms. The van der Waals surface area contributed by atoms with Gasteiger partial charge in [-0.25, -0.2) is 4.79 Å². The average Bonchev–Trinajstić information content (AvgIpc) is 2.55. The van der Waals surface area contributed by atoms with Crippen molar-refractivity contribution in [2.75, 3.05) is 6.61 Å². The summed E-state index contributed by atoms with van der Waals surface area (Å²) >= 11 is 0. The molecule has 4 nitrogen and oxygen atoms in total. The molecule has 0 aliphatic heterocycles. The van der Waals surface area contributed by atoms with Gasteiger partial charge in [-0.05, 0) is 36.8 Å². The minimum Gasteiger partial charge on any atom is -0.462 e. The first-order valence-electron chi connectivity index (χ1n) is 7.03. The Morgan fingerprint density at radius 2 is 1.59 bits per heavy atom. The van der Waals surface area contributed by atoms with Crippen LogP contribution < -0.4 is 0 Å². The van der Waals surface area contributed by atoms with Crippen molar-refractivity contribution in [3.63, 3.8) is 0 Å². The Hall–Kier alpha value is -2.75. The Morgan fingerprint density at radius 3 is 2.18 bits per heavy atom. The van der Waals surface area contributed by atoms with Crippen molar-refractivity contribution in [2.24, 2.45) is 10.2 Å². The Labute approximate surface area is 130 Å². The summed E-state index contributed by atoms with van der Waals surface area (Å²) in [7, 11) is 0. The molecule has 2 aromatic carbocycles. The standard InChI is InChI=1S/C18H18N2O2/c1-14(2)18(21)22-13-12-15-8-10-17(11-9-15)20-19-16-6-4-3-5-7-16/h3-11H,1,12-13H2,2H3. The van der Waals surface area contributed by atoms with Gasteiger partial charge in [0.2, 0.25) is 0 Å². The molecule has 112 valence electrons. The molecule has 0 aliphatic carbocycles. The van der Waals surface area contributed by atoms with Gasteiger partial charge in [-0.15, -0.1) is 0 Å². The lowest BCUT2D eigenvalue weighted by Crippen LogP contribution is -2.07. The lowest BCUT2D eigenvalue weighted by molar-refractivity contribution is -0.138. The van der Waals surface area contributed by atoms with Crippen LogP contribution in [0.4, 0.5) is 11.4 Å². The number of azo groups is 1. The number of nitrogens with zero attached hydrogens (tertiary/aromatic N) is 2. The van der Waals surface area contributed by atoms with E-state index in [9.17, 15) is 4.79 Å². The van der Waals surface area contributed by atoms with E-state index in [2.05, 4.69) is 16.8 Å². The maximum absolute atomic E-state index is 11.3. The van der Waals surface area contributed by atoms with Crippen LogP contribution in [0.1, 0.15) is 12.5 Å². The molecule has 0 saturated heterocycles. The van der Waals surface area contributed by atoms with Crippen LogP contribution in [0, 0.1) is 0 Å². The van der Waals surface area contributed by atoms with E-state index >= 15 is 0 Å². The third-order valence-electron chi connectivity index (χ3n) is 2.95. The molecule has 0 heterocycles. The normalized spacial score (nSPS) is 10.6. The third kappa shape index (κ3) is 4.98. The molecule has 0 aliphatic rings. The minimum absolute atomic E-state index is 0.344. The highest BCUT2D eigenvalue weighted by Crippen LogP contribution is 2.18. The highest BCUT2D eigenvalue weighted by atomic mass is 16.5. The van der Waals surface area contributed by atoms with Crippen molar-refractivity contribution in [1.82, 2.24) is 0 Å². The zero-order valence-corrected chi connectivity index (χ0v) is 12.5. The maximum Gasteiger partial charge on any atom is 0.333 e. The van der Waals surface area contributed by atoms with E-state index in [-0.39, 0.29) is 5.97 Å². The summed E-state index contributed by atoms with van der Waals surface area (Å²) in [4.78, 5) is 11.3. The quantitative estimate of drug-likeness (QED) is 0.438. The molecule has 2 aromatic rings. The summed E-state index contributed by atoms with van der Waals surface area (Å²) in [6, 6.07) is 17.3. The fraction of sp³-hybridized carbons (Fsp3) is 0.167. The predicted octanol–water partition coefficient (Wildman–Crippen LogP) is 4.76. The van der Waals surface area contributed by atoms with Gasteiger partial charge in [0.1, 0.15) is 0 Å². The minimum atomic E-state index is -0.353. The number of esters is 1. The number of benzene rings is 2. The van der Waals surface area contributed by atoms with E-state index in [1.165, 1.54) is 0 Å². The third-order valence-corrected chi connectivity index (χ3v) is 2.95. The molecule has 0 amide bonds. The highest BCUT2D eigenvalue weighted by Gasteiger charge is 2.02. The molecule has 0 N–H and O–H groups in total. The molecule has 2 rings (SSSR count). The van der Waals surface area contributed by atoms with Crippen LogP contribution in [0.3, 0.4) is 0 Å². The zero-order chi connectivity index (χ0) is 15.8. The molecule has 0 aromatic heterocycles. The van der Waals surface area contributed by atoms with Gasteiger partial charge in [0.15, 0.2) is 0 Å². The number of ether oxygens (including phenoxy) is 1. The summed E-state index contributed by atoms with van der Waals surface area (Å²) in [5.41, 5.74) is 3.09. The predicted molar refractivity (Wildman–Crippen MR) is 86.5 cm³/mol. The summed E-state index contributed by atoms with van der Waals surface area (Å²) < 4.78 is 5.06. The second kappa shape index (κ2) is 7.88. The van der Waals surface area contributed by atoms with E-state index in [0.29, 0.717) is 18.6 Å². The van der Waals surface area contributed by atoms with E-state index in [1.54, 1.807) is 6.92 Å². The number of rotatable bonds is 6. The molecule has 0 atom stereocenters. The van der Waals surface area contributed by atoms with Crippen LogP contribution in [0.15, 0.2) is 77.0 Å². The number of hydrogen-bond acceptors (Lipinski definition) is 4. The van der Waals surface area contributed by atoms with Gasteiger partial charge in [-0.3, -0.25) is 0 Å². The summed E-state index contributed by atoms with van der Waals surface area (Å²) in [5.74, 6) is -0.353. The van der Waals surface area contributed by atoms with Crippen LogP contribution >= 0.6 is 0 Å². The molecular formula is C18H18N2O2. The molecule has 0 unspecified atom stereocenters. The van der Waals surface area contributed by atoms with Crippen molar-refractivity contribution in [3.8, 4) is 0 Å². The van der Waals surface area contributed by atoms with E-state index in [0.717, 1.165) is 16.9 Å². The molecule has 0 radical (unpaired) electrons. The maximum atomic E-state index is 11.3. The Balaban J connectivity index is 1.86. The summed E-state index contributed by atoms with van der Waals surface area (Å²) in [5, 5.41) is 8.33. The van der Waals surface area contributed by atoms with Gasteiger partial charge in [0.05, 0.1) is 18.0 Å². The van der Waals surface area contributed by atoms with Gasteiger partial charge in [0.25, 0.3) is 0 Å². The smallest absolute Gasteiger partial charge is 0.333 e. The van der Waals surface area contributed by atoms with Crippen molar-refractivity contribution in [2.45, 2.75) is 13.3 Å². The van der Waals surface area contributed by atoms with Gasteiger partial charge in [-0.2, -0.15) is 10.2 Å². The molecule has 0 bridgehead atoms. The van der Waals surface area contributed by atoms with Crippen LogP contribution in [0.2, 0.25) is 0 Å². The fourth-order valence-electron chi connectivity index (χ4n) is 1.72. The van der Waals surface area contributed by atoms with Crippen molar-refractivity contribution < 1.29 is 9.53 Å². The topological polar surface area (TPSA) is 51.0 Å². The van der Waals surface area contributed by atoms with E-state index < -0.39 is 0 Å². The van der Waals surface area contributed by atoms with Crippen molar-refractivity contribution >= 4 is 17.3 Å². The van der Waals surface area contributed by atoms with Gasteiger partial charge in [0, 0.05) is 12.0 Å². The van der Waals surface area contributed by atoms with Crippen molar-refractivity contribution in [3.05, 3.63) is 72.3 Å². The van der Waals surface area contributed by atoms with Crippen LogP contribution in [-0.2, 0) is 16.0 Å². The van der Waals surface area contributed by atoms with Crippen molar-refractivity contribution in [1.29, 1.82) is 0 Å². The largest absolute Gasteiger partial charge is 0.462 e. The van der Waals surface area contributed by atoms with Gasteiger partial charge >= 0.3 is 5.97 Å². The zero-order valence-electron chi connectivity index (χ0n) is 12.5. The molecular weight excluding hydrogens is 276 g/mol. The van der Waals surface area contributed by atoms with E-state index in [4.69, 9.17) is 4.74 Å². The summed E-state index contributed by atoms with van der Waals surface area (Å²) in [6.45, 7) is 5.52. The van der Waals surface area contributed by atoms with Gasteiger partial charge in [-0.1, -0.05) is 36.9 Å². The Kier molecular flexibility index (Phi) is 5.60. The fourth-order valence-corrected chi connectivity index (χ4v) is 1.72. The molecule has 0 saturated carbocycles. The molecule has 22 heavy (non-hydrogen) atoms. The lowest BCUT2D eigenvalue weighted by Gasteiger charge is -2.04. The Morgan fingerprint density at radius 1 is 1.00 bits per heavy atom. The van der Waals surface area contributed by atoms with Crippen LogP contribution in [0.25, 0.3) is 0 Å². The second-order valence-electron chi connectivity index (χ2n) is 4.87. The number of carbonyl (C=O) groups excluding carboxylic acids is 1. The van der Waals surface area contributed by atoms with Crippen LogP contribution in [0.5, 0.6) is 0 Å². The first-order chi connectivity index (χ1) is 10.6. The number of hydrogen-bond donors (Lipinski definition) is 0. The average molecular weight is 294 g/mol. The first kappa shape index (κ1) is 15.6. The Bertz CT molecular complexity index is 661. The van der Waals surface area contributed by atoms with Crippen LogP contribution in [-0.4, -0.2) is 12.6 Å². The number of carbonyl (C=O) groups is 1. The lowest BCUT2D eigenvalue weighted by atomic mass is 10.1. The second-order valence-corrected chi connectivity index (χ2v) is 4.87. The molecule has 0 fully saturated rings. The monoisotopic (exact) mass is 294 g/mol. The highest BCUT2D eigenvalue weighted by molar-refractivity contribution is 5.86.